The minimum atomic E-state index is 0.522. The molecule has 0 fully saturated rings. The monoisotopic (exact) mass is 254 g/mol. The zero-order valence-electron chi connectivity index (χ0n) is 9.50. The molecule has 6 nitrogen and oxygen atoms in total. The van der Waals surface area contributed by atoms with Gasteiger partial charge in [-0.3, -0.25) is 0 Å². The van der Waals surface area contributed by atoms with E-state index in [1.54, 1.807) is 18.4 Å². The molecule has 2 aromatic heterocycles. The molecule has 0 aromatic carbocycles. The van der Waals surface area contributed by atoms with Crippen LogP contribution in [0.15, 0.2) is 28.0 Å². The maximum atomic E-state index is 5.88. The molecule has 0 aliphatic heterocycles. The summed E-state index contributed by atoms with van der Waals surface area (Å²) in [6, 6.07) is 3.58. The summed E-state index contributed by atoms with van der Waals surface area (Å²) in [7, 11) is 0. The number of aromatic nitrogens is 3. The normalized spacial score (nSPS) is 10.9. The van der Waals surface area contributed by atoms with Crippen LogP contribution in [-0.2, 0) is 4.74 Å². The molecule has 0 amide bonds. The third-order valence-electron chi connectivity index (χ3n) is 2.07. The first-order valence-corrected chi connectivity index (χ1v) is 6.26. The molecule has 0 spiro atoms. The Morgan fingerprint density at radius 1 is 1.53 bits per heavy atom. The van der Waals surface area contributed by atoms with Gasteiger partial charge in [0.1, 0.15) is 0 Å². The van der Waals surface area contributed by atoms with Crippen LogP contribution in [0.25, 0.3) is 11.6 Å². The van der Waals surface area contributed by atoms with E-state index >= 15 is 0 Å². The van der Waals surface area contributed by atoms with Crippen molar-refractivity contribution in [2.45, 2.75) is 12.1 Å². The number of ether oxygens (including phenoxy) is 1. The molecule has 2 heterocycles. The molecular weight excluding hydrogens is 240 g/mol. The Hall–Kier alpha value is -1.47. The van der Waals surface area contributed by atoms with Crippen LogP contribution in [0.1, 0.15) is 6.92 Å². The summed E-state index contributed by atoms with van der Waals surface area (Å²) >= 11 is 1.50. The second-order valence-electron chi connectivity index (χ2n) is 3.20. The number of rotatable bonds is 6. The molecule has 0 saturated carbocycles. The first kappa shape index (κ1) is 12.0. The van der Waals surface area contributed by atoms with E-state index in [-0.39, 0.29) is 0 Å². The van der Waals surface area contributed by atoms with Gasteiger partial charge in [-0.15, -0.1) is 10.2 Å². The van der Waals surface area contributed by atoms with E-state index in [9.17, 15) is 0 Å². The van der Waals surface area contributed by atoms with Gasteiger partial charge < -0.3 is 15.0 Å². The van der Waals surface area contributed by atoms with E-state index in [4.69, 9.17) is 15.0 Å². The molecule has 2 N–H and O–H groups in total. The zero-order valence-corrected chi connectivity index (χ0v) is 10.3. The summed E-state index contributed by atoms with van der Waals surface area (Å²) in [5.74, 6) is 7.80. The fraction of sp³-hybridized carbons (Fsp3) is 0.400. The van der Waals surface area contributed by atoms with Crippen LogP contribution in [-0.4, -0.2) is 33.8 Å². The van der Waals surface area contributed by atoms with Gasteiger partial charge in [-0.1, -0.05) is 11.8 Å². The van der Waals surface area contributed by atoms with Crippen LogP contribution >= 0.6 is 11.8 Å². The summed E-state index contributed by atoms with van der Waals surface area (Å²) < 4.78 is 11.9. The predicted octanol–water partition coefficient (Wildman–Crippen LogP) is 1.38. The Kier molecular flexibility index (Phi) is 4.05. The average molecular weight is 254 g/mol. The molecular formula is C10H14N4O2S. The molecule has 0 atom stereocenters. The minimum Gasteiger partial charge on any atom is -0.461 e. The lowest BCUT2D eigenvalue weighted by Gasteiger charge is -2.02. The highest BCUT2D eigenvalue weighted by atomic mass is 32.2. The number of thioether (sulfide) groups is 1. The van der Waals surface area contributed by atoms with Crippen LogP contribution in [0.4, 0.5) is 0 Å². The molecule has 0 saturated heterocycles. The molecule has 2 aromatic rings. The van der Waals surface area contributed by atoms with Gasteiger partial charge in [-0.2, -0.15) is 0 Å². The minimum absolute atomic E-state index is 0.522. The highest BCUT2D eigenvalue weighted by molar-refractivity contribution is 7.99. The maximum absolute atomic E-state index is 5.88. The van der Waals surface area contributed by atoms with Gasteiger partial charge >= 0.3 is 0 Å². The quantitative estimate of drug-likeness (QED) is 0.476. The van der Waals surface area contributed by atoms with Gasteiger partial charge in [0.05, 0.1) is 12.9 Å². The summed E-state index contributed by atoms with van der Waals surface area (Å²) in [5.41, 5.74) is 0. The van der Waals surface area contributed by atoms with Crippen molar-refractivity contribution in [3.63, 3.8) is 0 Å². The average Bonchev–Trinajstić information content (AvgIpc) is 2.95. The standard InChI is InChI=1S/C10H14N4O2S/c1-2-15-6-7-17-10-13-12-9(14(10)11)8-4-3-5-16-8/h3-5H,2,6-7,11H2,1H3. The smallest absolute Gasteiger partial charge is 0.218 e. The largest absolute Gasteiger partial charge is 0.461 e. The Bertz CT molecular complexity index is 455. The third-order valence-corrected chi connectivity index (χ3v) is 2.98. The van der Waals surface area contributed by atoms with Crippen LogP contribution in [0.2, 0.25) is 0 Å². The molecule has 7 heteroatoms. The van der Waals surface area contributed by atoms with Crippen molar-refractivity contribution in [1.82, 2.24) is 14.9 Å². The van der Waals surface area contributed by atoms with Crippen LogP contribution in [0, 0.1) is 0 Å². The van der Waals surface area contributed by atoms with Crippen molar-refractivity contribution in [3.8, 4) is 11.6 Å². The van der Waals surface area contributed by atoms with Gasteiger partial charge in [0.15, 0.2) is 5.76 Å². The summed E-state index contributed by atoms with van der Waals surface area (Å²) in [6.07, 6.45) is 1.58. The van der Waals surface area contributed by atoms with Crippen molar-refractivity contribution in [3.05, 3.63) is 18.4 Å². The molecule has 0 bridgehead atoms. The van der Waals surface area contributed by atoms with E-state index in [1.807, 2.05) is 6.92 Å². The highest BCUT2D eigenvalue weighted by Crippen LogP contribution is 2.21. The second-order valence-corrected chi connectivity index (χ2v) is 4.26. The molecule has 92 valence electrons. The topological polar surface area (TPSA) is 79.1 Å². The molecule has 0 aliphatic rings. The number of hydrogen-bond donors (Lipinski definition) is 1. The van der Waals surface area contributed by atoms with E-state index in [0.29, 0.717) is 30.0 Å². The molecule has 0 radical (unpaired) electrons. The van der Waals surface area contributed by atoms with Gasteiger partial charge in [-0.25, -0.2) is 4.68 Å². The van der Waals surface area contributed by atoms with E-state index in [1.165, 1.54) is 16.4 Å². The Labute approximate surface area is 103 Å². The van der Waals surface area contributed by atoms with Crippen molar-refractivity contribution in [2.75, 3.05) is 24.8 Å². The third kappa shape index (κ3) is 2.80. The lowest BCUT2D eigenvalue weighted by Crippen LogP contribution is -2.11. The Morgan fingerprint density at radius 2 is 2.41 bits per heavy atom. The number of nitrogens with two attached hydrogens (primary N) is 1. The first-order valence-electron chi connectivity index (χ1n) is 5.28. The van der Waals surface area contributed by atoms with Crippen molar-refractivity contribution in [2.24, 2.45) is 0 Å². The number of nitrogens with zero attached hydrogens (tertiary/aromatic N) is 3. The lowest BCUT2D eigenvalue weighted by atomic mass is 10.4. The van der Waals surface area contributed by atoms with E-state index in [0.717, 1.165) is 5.75 Å². The second kappa shape index (κ2) is 5.74. The van der Waals surface area contributed by atoms with E-state index < -0.39 is 0 Å². The SMILES string of the molecule is CCOCCSc1nnc(-c2ccco2)n1N. The summed E-state index contributed by atoms with van der Waals surface area (Å²) in [5, 5.41) is 8.64. The first-order chi connectivity index (χ1) is 8.33. The maximum Gasteiger partial charge on any atom is 0.218 e. The lowest BCUT2D eigenvalue weighted by molar-refractivity contribution is 0.164. The van der Waals surface area contributed by atoms with E-state index in [2.05, 4.69) is 10.2 Å². The molecule has 2 rings (SSSR count). The number of nitrogen functional groups attached to an aromatic ring is 1. The number of hydrogen-bond acceptors (Lipinski definition) is 6. The van der Waals surface area contributed by atoms with Crippen molar-refractivity contribution < 1.29 is 9.15 Å². The molecule has 17 heavy (non-hydrogen) atoms. The van der Waals surface area contributed by atoms with Crippen molar-refractivity contribution in [1.29, 1.82) is 0 Å². The van der Waals surface area contributed by atoms with Gasteiger partial charge in [0.25, 0.3) is 0 Å². The van der Waals surface area contributed by atoms with Gasteiger partial charge in [0.2, 0.25) is 11.0 Å². The van der Waals surface area contributed by atoms with Crippen LogP contribution < -0.4 is 5.84 Å². The fourth-order valence-electron chi connectivity index (χ4n) is 1.29. The highest BCUT2D eigenvalue weighted by Gasteiger charge is 2.13. The van der Waals surface area contributed by atoms with Crippen LogP contribution in [0.3, 0.4) is 0 Å². The number of furan rings is 1. The zero-order chi connectivity index (χ0) is 12.1. The molecule has 0 aliphatic carbocycles. The Balaban J connectivity index is 2.01. The fourth-order valence-corrected chi connectivity index (χ4v) is 1.99. The van der Waals surface area contributed by atoms with Crippen molar-refractivity contribution >= 4 is 11.8 Å². The summed E-state index contributed by atoms with van der Waals surface area (Å²) in [4.78, 5) is 0. The molecule has 0 unspecified atom stereocenters. The Morgan fingerprint density at radius 3 is 3.12 bits per heavy atom. The predicted molar refractivity (Wildman–Crippen MR) is 65.1 cm³/mol. The van der Waals surface area contributed by atoms with Gasteiger partial charge in [0, 0.05) is 12.4 Å². The van der Waals surface area contributed by atoms with Crippen LogP contribution in [0.5, 0.6) is 0 Å². The van der Waals surface area contributed by atoms with Gasteiger partial charge in [-0.05, 0) is 19.1 Å². The summed E-state index contributed by atoms with van der Waals surface area (Å²) in [6.45, 7) is 3.35.